The van der Waals surface area contributed by atoms with Crippen LogP contribution < -0.4 is 10.6 Å². The van der Waals surface area contributed by atoms with Crippen molar-refractivity contribution in [1.29, 1.82) is 0 Å². The molecule has 0 spiro atoms. The van der Waals surface area contributed by atoms with Crippen LogP contribution in [0.5, 0.6) is 0 Å². The molecule has 0 bridgehead atoms. The number of benzene rings is 1. The van der Waals surface area contributed by atoms with E-state index in [0.717, 1.165) is 6.54 Å². The molecule has 142 valence electrons. The average Bonchev–Trinajstić information content (AvgIpc) is 3.42. The van der Waals surface area contributed by atoms with E-state index in [4.69, 9.17) is 0 Å². The van der Waals surface area contributed by atoms with Crippen LogP contribution in [-0.4, -0.2) is 49.4 Å². The third kappa shape index (κ3) is 4.96. The lowest BCUT2D eigenvalue weighted by atomic mass is 9.96. The molecule has 6 nitrogen and oxygen atoms in total. The van der Waals surface area contributed by atoms with Crippen molar-refractivity contribution in [2.24, 2.45) is 4.99 Å². The van der Waals surface area contributed by atoms with E-state index in [1.54, 1.807) is 7.05 Å². The highest BCUT2D eigenvalue weighted by molar-refractivity contribution is 14.0. The van der Waals surface area contributed by atoms with Crippen LogP contribution in [0.25, 0.3) is 0 Å². The summed E-state index contributed by atoms with van der Waals surface area (Å²) in [7, 11) is 1.73. The topological polar surface area (TPSA) is 73.8 Å². The number of carbonyl (C=O) groups is 2. The summed E-state index contributed by atoms with van der Waals surface area (Å²) in [4.78, 5) is 29.2. The van der Waals surface area contributed by atoms with Gasteiger partial charge in [-0.1, -0.05) is 30.3 Å². The first-order valence-corrected chi connectivity index (χ1v) is 8.98. The lowest BCUT2D eigenvalue weighted by Gasteiger charge is -2.25. The number of piperidine rings is 1. The highest BCUT2D eigenvalue weighted by atomic mass is 127. The number of guanidine groups is 1. The molecule has 2 aliphatic rings. The molecular weight excluding hydrogens is 443 g/mol. The van der Waals surface area contributed by atoms with Gasteiger partial charge in [0.05, 0.1) is 0 Å². The van der Waals surface area contributed by atoms with Crippen molar-refractivity contribution in [3.8, 4) is 0 Å². The lowest BCUT2D eigenvalue weighted by Crippen LogP contribution is -2.47. The van der Waals surface area contributed by atoms with Gasteiger partial charge in [-0.3, -0.25) is 19.5 Å². The summed E-state index contributed by atoms with van der Waals surface area (Å²) >= 11 is 0. The van der Waals surface area contributed by atoms with E-state index in [1.807, 2.05) is 6.07 Å². The molecule has 3 rings (SSSR count). The quantitative estimate of drug-likeness (QED) is 0.289. The van der Waals surface area contributed by atoms with Gasteiger partial charge >= 0.3 is 0 Å². The van der Waals surface area contributed by atoms with Crippen molar-refractivity contribution in [1.82, 2.24) is 15.5 Å². The monoisotopic (exact) mass is 470 g/mol. The standard InChI is InChI=1S/C19H26N4O2.HI/c1-20-18(21-12-13-23-16(24)8-5-9-17(23)25)22-14-19(10-11-19)15-6-3-2-4-7-15;/h2-4,6-7H,5,8-14H2,1H3,(H2,20,21,22);1H. The van der Waals surface area contributed by atoms with E-state index in [2.05, 4.69) is 39.9 Å². The zero-order valence-electron chi connectivity index (χ0n) is 15.2. The molecule has 1 aliphatic carbocycles. The Morgan fingerprint density at radius 2 is 1.77 bits per heavy atom. The fourth-order valence-corrected chi connectivity index (χ4v) is 3.32. The smallest absolute Gasteiger partial charge is 0.229 e. The molecule has 0 unspecified atom stereocenters. The van der Waals surface area contributed by atoms with Gasteiger partial charge in [-0.2, -0.15) is 0 Å². The number of hydrogen-bond donors (Lipinski definition) is 2. The number of aliphatic imine (C=N–C) groups is 1. The maximum Gasteiger partial charge on any atom is 0.229 e. The van der Waals surface area contributed by atoms with Crippen molar-refractivity contribution >= 4 is 41.8 Å². The fraction of sp³-hybridized carbons (Fsp3) is 0.526. The number of likely N-dealkylation sites (tertiary alicyclic amines) is 1. The number of nitrogens with zero attached hydrogens (tertiary/aromatic N) is 2. The van der Waals surface area contributed by atoms with Crippen molar-refractivity contribution < 1.29 is 9.59 Å². The summed E-state index contributed by atoms with van der Waals surface area (Å²) in [6.45, 7) is 1.73. The average molecular weight is 470 g/mol. The second kappa shape index (κ2) is 9.34. The van der Waals surface area contributed by atoms with E-state index in [-0.39, 0.29) is 41.2 Å². The Morgan fingerprint density at radius 3 is 2.35 bits per heavy atom. The number of amides is 2. The minimum atomic E-state index is -0.0676. The van der Waals surface area contributed by atoms with Gasteiger partial charge in [0.25, 0.3) is 0 Å². The van der Waals surface area contributed by atoms with Crippen LogP contribution in [0.4, 0.5) is 0 Å². The van der Waals surface area contributed by atoms with Gasteiger partial charge in [-0.15, -0.1) is 24.0 Å². The fourth-order valence-electron chi connectivity index (χ4n) is 3.32. The predicted octanol–water partition coefficient (Wildman–Crippen LogP) is 2.04. The third-order valence-electron chi connectivity index (χ3n) is 5.07. The van der Waals surface area contributed by atoms with Crippen molar-refractivity contribution in [2.45, 2.75) is 37.5 Å². The summed E-state index contributed by atoms with van der Waals surface area (Å²) in [5, 5.41) is 6.58. The van der Waals surface area contributed by atoms with Crippen LogP contribution >= 0.6 is 24.0 Å². The van der Waals surface area contributed by atoms with Gasteiger partial charge in [0.2, 0.25) is 11.8 Å². The lowest BCUT2D eigenvalue weighted by molar-refractivity contribution is -0.147. The van der Waals surface area contributed by atoms with Gasteiger partial charge in [0.15, 0.2) is 5.96 Å². The summed E-state index contributed by atoms with van der Waals surface area (Å²) < 4.78 is 0. The minimum absolute atomic E-state index is 0. The summed E-state index contributed by atoms with van der Waals surface area (Å²) in [5.74, 6) is 0.572. The molecule has 1 heterocycles. The minimum Gasteiger partial charge on any atom is -0.356 e. The van der Waals surface area contributed by atoms with E-state index >= 15 is 0 Å². The van der Waals surface area contributed by atoms with Crippen LogP contribution in [0.2, 0.25) is 0 Å². The second-order valence-corrected chi connectivity index (χ2v) is 6.79. The molecule has 26 heavy (non-hydrogen) atoms. The number of carbonyl (C=O) groups excluding carboxylic acids is 2. The van der Waals surface area contributed by atoms with Crippen LogP contribution in [-0.2, 0) is 15.0 Å². The van der Waals surface area contributed by atoms with Gasteiger partial charge < -0.3 is 10.6 Å². The first-order chi connectivity index (χ1) is 12.1. The molecule has 2 N–H and O–H groups in total. The molecular formula is C19H27IN4O2. The summed E-state index contributed by atoms with van der Waals surface area (Å²) in [5.41, 5.74) is 1.57. The zero-order chi connectivity index (χ0) is 17.7. The largest absolute Gasteiger partial charge is 0.356 e. The molecule has 0 radical (unpaired) electrons. The number of nitrogens with one attached hydrogen (secondary N) is 2. The molecule has 1 aromatic carbocycles. The SMILES string of the molecule is CN=C(NCCN1C(=O)CCCC1=O)NCC1(c2ccccc2)CC1.I. The molecule has 0 aromatic heterocycles. The predicted molar refractivity (Wildman–Crippen MR) is 113 cm³/mol. The highest BCUT2D eigenvalue weighted by Crippen LogP contribution is 2.47. The Balaban J connectivity index is 0.00000243. The van der Waals surface area contributed by atoms with E-state index in [0.29, 0.717) is 38.3 Å². The number of rotatable bonds is 6. The number of hydrogen-bond acceptors (Lipinski definition) is 3. The zero-order valence-corrected chi connectivity index (χ0v) is 17.5. The van der Waals surface area contributed by atoms with E-state index in [1.165, 1.54) is 23.3 Å². The molecule has 7 heteroatoms. The van der Waals surface area contributed by atoms with Crippen molar-refractivity contribution in [3.63, 3.8) is 0 Å². The highest BCUT2D eigenvalue weighted by Gasteiger charge is 2.44. The van der Waals surface area contributed by atoms with Gasteiger partial charge in [-0.25, -0.2) is 0 Å². The molecule has 1 saturated heterocycles. The maximum atomic E-state index is 11.8. The first-order valence-electron chi connectivity index (χ1n) is 8.98. The normalized spacial score (nSPS) is 19.0. The van der Waals surface area contributed by atoms with Gasteiger partial charge in [0, 0.05) is 44.9 Å². The van der Waals surface area contributed by atoms with Crippen molar-refractivity contribution in [3.05, 3.63) is 35.9 Å². The third-order valence-corrected chi connectivity index (χ3v) is 5.07. The molecule has 1 saturated carbocycles. The Kier molecular flexibility index (Phi) is 7.43. The van der Waals surface area contributed by atoms with Gasteiger partial charge in [0.1, 0.15) is 0 Å². The number of imide groups is 1. The van der Waals surface area contributed by atoms with Crippen molar-refractivity contribution in [2.75, 3.05) is 26.7 Å². The molecule has 2 amide bonds. The maximum absolute atomic E-state index is 11.8. The Hall–Kier alpha value is -1.64. The molecule has 2 fully saturated rings. The van der Waals surface area contributed by atoms with Crippen LogP contribution in [0.3, 0.4) is 0 Å². The van der Waals surface area contributed by atoms with Gasteiger partial charge in [-0.05, 0) is 24.8 Å². The molecule has 1 aromatic rings. The Morgan fingerprint density at radius 1 is 1.12 bits per heavy atom. The Labute approximate surface area is 171 Å². The number of halogens is 1. The van der Waals surface area contributed by atoms with E-state index < -0.39 is 0 Å². The van der Waals surface area contributed by atoms with Crippen LogP contribution in [0, 0.1) is 0 Å². The van der Waals surface area contributed by atoms with E-state index in [9.17, 15) is 9.59 Å². The first kappa shape index (κ1) is 20.7. The summed E-state index contributed by atoms with van der Waals surface area (Å²) in [6.07, 6.45) is 3.97. The Bertz CT molecular complexity index is 643. The molecule has 1 aliphatic heterocycles. The second-order valence-electron chi connectivity index (χ2n) is 6.79. The van der Waals surface area contributed by atoms with Crippen LogP contribution in [0.1, 0.15) is 37.7 Å². The van der Waals surface area contributed by atoms with Crippen LogP contribution in [0.15, 0.2) is 35.3 Å². The summed E-state index contributed by atoms with van der Waals surface area (Å²) in [6, 6.07) is 10.6. The molecule has 0 atom stereocenters.